The third-order valence-electron chi connectivity index (χ3n) is 2.22. The summed E-state index contributed by atoms with van der Waals surface area (Å²) in [5.41, 5.74) is 0. The van der Waals surface area contributed by atoms with Crippen molar-refractivity contribution in [2.24, 2.45) is 0 Å². The molecule has 0 saturated heterocycles. The first-order valence-corrected chi connectivity index (χ1v) is 5.35. The van der Waals surface area contributed by atoms with Gasteiger partial charge in [0.05, 0.1) is 12.5 Å². The minimum absolute atomic E-state index is 0.00324. The van der Waals surface area contributed by atoms with E-state index in [4.69, 9.17) is 16.9 Å². The van der Waals surface area contributed by atoms with Gasteiger partial charge in [-0.1, -0.05) is 0 Å². The van der Waals surface area contributed by atoms with Crippen LogP contribution in [0.25, 0.3) is 0 Å². The second kappa shape index (κ2) is 7.64. The molecular formula is C10H17ClN2O. The Morgan fingerprint density at radius 3 is 2.71 bits per heavy atom. The van der Waals surface area contributed by atoms with Crippen LogP contribution in [-0.2, 0) is 4.79 Å². The highest BCUT2D eigenvalue weighted by atomic mass is 35.5. The van der Waals surface area contributed by atoms with Gasteiger partial charge in [0, 0.05) is 25.4 Å². The van der Waals surface area contributed by atoms with E-state index >= 15 is 0 Å². The van der Waals surface area contributed by atoms with Crippen LogP contribution < -0.4 is 0 Å². The summed E-state index contributed by atoms with van der Waals surface area (Å²) in [4.78, 5) is 13.1. The van der Waals surface area contributed by atoms with E-state index in [9.17, 15) is 4.79 Å². The summed E-state index contributed by atoms with van der Waals surface area (Å²) in [7, 11) is 1.74. The number of unbranched alkanes of at least 4 members (excludes halogenated alkanes) is 1. The summed E-state index contributed by atoms with van der Waals surface area (Å²) < 4.78 is 0. The molecule has 4 heteroatoms. The monoisotopic (exact) mass is 216 g/mol. The number of carbonyl (C=O) groups is 1. The maximum atomic E-state index is 11.5. The standard InChI is InChI=1S/C10H17ClN2O/c1-9(6-8-12)13(2)10(14)5-3-4-7-11/h9H,3-7H2,1-2H3. The summed E-state index contributed by atoms with van der Waals surface area (Å²) in [6.07, 6.45) is 2.61. The van der Waals surface area contributed by atoms with Crippen molar-refractivity contribution >= 4 is 17.5 Å². The van der Waals surface area contributed by atoms with E-state index in [1.807, 2.05) is 6.92 Å². The van der Waals surface area contributed by atoms with Gasteiger partial charge in [-0.15, -0.1) is 11.6 Å². The zero-order chi connectivity index (χ0) is 11.0. The molecule has 1 unspecified atom stereocenters. The summed E-state index contributed by atoms with van der Waals surface area (Å²) >= 11 is 5.51. The molecule has 0 aromatic rings. The van der Waals surface area contributed by atoms with Crippen molar-refractivity contribution in [1.82, 2.24) is 4.90 Å². The van der Waals surface area contributed by atoms with Crippen molar-refractivity contribution in [3.8, 4) is 6.07 Å². The van der Waals surface area contributed by atoms with Crippen LogP contribution in [0.2, 0.25) is 0 Å². The Morgan fingerprint density at radius 2 is 2.21 bits per heavy atom. The van der Waals surface area contributed by atoms with Gasteiger partial charge < -0.3 is 4.90 Å². The lowest BCUT2D eigenvalue weighted by Gasteiger charge is -2.22. The predicted molar refractivity (Wildman–Crippen MR) is 57.0 cm³/mol. The molecule has 0 rings (SSSR count). The molecule has 1 amide bonds. The molecule has 0 aromatic carbocycles. The molecule has 0 saturated carbocycles. The fourth-order valence-corrected chi connectivity index (χ4v) is 1.25. The Bertz CT molecular complexity index is 213. The Morgan fingerprint density at radius 1 is 1.57 bits per heavy atom. The van der Waals surface area contributed by atoms with Gasteiger partial charge in [-0.2, -0.15) is 5.26 Å². The van der Waals surface area contributed by atoms with Crippen LogP contribution in [-0.4, -0.2) is 29.8 Å². The van der Waals surface area contributed by atoms with Crippen molar-refractivity contribution in [3.05, 3.63) is 0 Å². The number of hydrogen-bond donors (Lipinski definition) is 0. The van der Waals surface area contributed by atoms with Crippen LogP contribution in [0.3, 0.4) is 0 Å². The third-order valence-corrected chi connectivity index (χ3v) is 2.48. The van der Waals surface area contributed by atoms with Gasteiger partial charge in [0.15, 0.2) is 0 Å². The van der Waals surface area contributed by atoms with Crippen molar-refractivity contribution in [2.45, 2.75) is 38.6 Å². The van der Waals surface area contributed by atoms with Crippen molar-refractivity contribution in [3.63, 3.8) is 0 Å². The lowest BCUT2D eigenvalue weighted by Crippen LogP contribution is -2.34. The van der Waals surface area contributed by atoms with Crippen LogP contribution >= 0.6 is 11.6 Å². The van der Waals surface area contributed by atoms with Crippen molar-refractivity contribution in [2.75, 3.05) is 12.9 Å². The molecule has 0 heterocycles. The van der Waals surface area contributed by atoms with E-state index in [-0.39, 0.29) is 11.9 Å². The summed E-state index contributed by atoms with van der Waals surface area (Å²) in [6.45, 7) is 1.88. The summed E-state index contributed by atoms with van der Waals surface area (Å²) in [5.74, 6) is 0.697. The fraction of sp³-hybridized carbons (Fsp3) is 0.800. The van der Waals surface area contributed by atoms with Crippen LogP contribution in [0.1, 0.15) is 32.6 Å². The number of hydrogen-bond acceptors (Lipinski definition) is 2. The maximum absolute atomic E-state index is 11.5. The summed E-state index contributed by atoms with van der Waals surface area (Å²) in [6, 6.07) is 2.06. The molecule has 0 aliphatic rings. The van der Waals surface area contributed by atoms with Crippen LogP contribution in [0.5, 0.6) is 0 Å². The molecule has 3 nitrogen and oxygen atoms in total. The van der Waals surface area contributed by atoms with Crippen molar-refractivity contribution < 1.29 is 4.79 Å². The zero-order valence-corrected chi connectivity index (χ0v) is 9.55. The van der Waals surface area contributed by atoms with E-state index in [2.05, 4.69) is 6.07 Å². The van der Waals surface area contributed by atoms with Gasteiger partial charge in [-0.25, -0.2) is 0 Å². The highest BCUT2D eigenvalue weighted by Crippen LogP contribution is 2.06. The van der Waals surface area contributed by atoms with Crippen LogP contribution in [0.4, 0.5) is 0 Å². The number of nitriles is 1. The largest absolute Gasteiger partial charge is 0.342 e. The van der Waals surface area contributed by atoms with Gasteiger partial charge in [0.25, 0.3) is 0 Å². The number of amides is 1. The minimum Gasteiger partial charge on any atom is -0.342 e. The van der Waals surface area contributed by atoms with Gasteiger partial charge in [0.2, 0.25) is 5.91 Å². The summed E-state index contributed by atoms with van der Waals surface area (Å²) in [5, 5.41) is 8.48. The number of carbonyl (C=O) groups excluding carboxylic acids is 1. The number of rotatable bonds is 6. The average Bonchev–Trinajstić information content (AvgIpc) is 2.17. The molecule has 0 radical (unpaired) electrons. The lowest BCUT2D eigenvalue weighted by atomic mass is 10.2. The molecule has 0 aliphatic carbocycles. The van der Waals surface area contributed by atoms with Gasteiger partial charge in [0.1, 0.15) is 0 Å². The first kappa shape index (κ1) is 13.2. The molecule has 80 valence electrons. The lowest BCUT2D eigenvalue weighted by molar-refractivity contribution is -0.131. The molecule has 0 spiro atoms. The number of alkyl halides is 1. The van der Waals surface area contributed by atoms with E-state index in [1.54, 1.807) is 11.9 Å². The first-order chi connectivity index (χ1) is 6.63. The Hall–Kier alpha value is -0.750. The highest BCUT2D eigenvalue weighted by Gasteiger charge is 2.14. The minimum atomic E-state index is 0.00324. The Labute approximate surface area is 90.6 Å². The van der Waals surface area contributed by atoms with Crippen LogP contribution in [0.15, 0.2) is 0 Å². The van der Waals surface area contributed by atoms with Gasteiger partial charge in [-0.05, 0) is 19.8 Å². The molecule has 0 N–H and O–H groups in total. The predicted octanol–water partition coefficient (Wildman–Crippen LogP) is 2.16. The second-order valence-corrected chi connectivity index (χ2v) is 3.74. The van der Waals surface area contributed by atoms with E-state index in [0.717, 1.165) is 12.8 Å². The normalized spacial score (nSPS) is 11.9. The van der Waals surface area contributed by atoms with Crippen LogP contribution in [0, 0.1) is 11.3 Å². The second-order valence-electron chi connectivity index (χ2n) is 3.36. The Balaban J connectivity index is 3.81. The Kier molecular flexibility index (Phi) is 7.23. The smallest absolute Gasteiger partial charge is 0.222 e. The molecule has 1 atom stereocenters. The molecule has 14 heavy (non-hydrogen) atoms. The molecule has 0 fully saturated rings. The third kappa shape index (κ3) is 5.08. The SMILES string of the molecule is CC(CC#N)N(C)C(=O)CCCCCl. The molecule has 0 aromatic heterocycles. The van der Waals surface area contributed by atoms with E-state index in [0.29, 0.717) is 18.7 Å². The van der Waals surface area contributed by atoms with Crippen molar-refractivity contribution in [1.29, 1.82) is 5.26 Å². The average molecular weight is 217 g/mol. The van der Waals surface area contributed by atoms with E-state index in [1.165, 1.54) is 0 Å². The topological polar surface area (TPSA) is 44.1 Å². The molecule has 0 bridgehead atoms. The fourth-order valence-electron chi connectivity index (χ4n) is 1.06. The first-order valence-electron chi connectivity index (χ1n) is 4.82. The maximum Gasteiger partial charge on any atom is 0.222 e. The number of halogens is 1. The van der Waals surface area contributed by atoms with Gasteiger partial charge >= 0.3 is 0 Å². The number of nitrogens with zero attached hydrogens (tertiary/aromatic N) is 2. The van der Waals surface area contributed by atoms with Gasteiger partial charge in [-0.3, -0.25) is 4.79 Å². The quantitative estimate of drug-likeness (QED) is 0.505. The molecule has 0 aliphatic heterocycles. The highest BCUT2D eigenvalue weighted by molar-refractivity contribution is 6.17. The molecular weight excluding hydrogens is 200 g/mol. The van der Waals surface area contributed by atoms with E-state index < -0.39 is 0 Å². The zero-order valence-electron chi connectivity index (χ0n) is 8.79.